The summed E-state index contributed by atoms with van der Waals surface area (Å²) in [7, 11) is 0. The van der Waals surface area contributed by atoms with E-state index in [1.807, 2.05) is 42.2 Å². The van der Waals surface area contributed by atoms with Crippen LogP contribution in [-0.2, 0) is 30.5 Å². The first kappa shape index (κ1) is 29.6. The Labute approximate surface area is 205 Å². The van der Waals surface area contributed by atoms with Crippen molar-refractivity contribution < 1.29 is 23.9 Å². The normalized spacial score (nSPS) is 21.7. The zero-order valence-electron chi connectivity index (χ0n) is 20.3. The molecule has 1 saturated carbocycles. The van der Waals surface area contributed by atoms with Gasteiger partial charge in [-0.05, 0) is 57.6 Å². The Kier molecular flexibility index (Phi) is 14.2. The monoisotopic (exact) mass is 476 g/mol. The summed E-state index contributed by atoms with van der Waals surface area (Å²) in [6.07, 6.45) is 7.32. The van der Waals surface area contributed by atoms with Crippen molar-refractivity contribution in [2.75, 3.05) is 13.2 Å². The molecule has 1 aliphatic carbocycles. The van der Waals surface area contributed by atoms with Gasteiger partial charge in [0.25, 0.3) is 6.47 Å². The van der Waals surface area contributed by atoms with Crippen LogP contribution in [-0.4, -0.2) is 54.5 Å². The first-order valence-electron chi connectivity index (χ1n) is 12.3. The highest BCUT2D eigenvalue weighted by Gasteiger charge is 2.48. The van der Waals surface area contributed by atoms with Crippen LogP contribution in [0.3, 0.4) is 0 Å². The topological polar surface area (TPSA) is 84.9 Å². The zero-order chi connectivity index (χ0) is 24.1. The van der Waals surface area contributed by atoms with Gasteiger partial charge in [-0.15, -0.1) is 0 Å². The Hall–Kier alpha value is -2.41. The number of nitrogens with one attached hydrogen (secondary N) is 1. The lowest BCUT2D eigenvalue weighted by atomic mass is 9.84. The molecule has 3 rings (SSSR count). The SMILES string of the molecule is C.CCCCN[C@@H](C)C(=O)N1C2CCCC[C@H]2C[C@H]1C(=O)OCc1ccccc1.CCOC=O. The van der Waals surface area contributed by atoms with E-state index in [0.717, 1.165) is 50.6 Å². The summed E-state index contributed by atoms with van der Waals surface area (Å²) < 4.78 is 9.78. The van der Waals surface area contributed by atoms with Crippen molar-refractivity contribution >= 4 is 18.3 Å². The molecule has 0 radical (unpaired) electrons. The van der Waals surface area contributed by atoms with E-state index in [9.17, 15) is 14.4 Å². The van der Waals surface area contributed by atoms with Gasteiger partial charge in [-0.2, -0.15) is 0 Å². The van der Waals surface area contributed by atoms with E-state index in [1.165, 1.54) is 6.42 Å². The minimum absolute atomic E-state index is 0. The number of fused-ring (bicyclic) bond motifs is 1. The summed E-state index contributed by atoms with van der Waals surface area (Å²) in [5.41, 5.74) is 0.971. The number of hydrogen-bond donors (Lipinski definition) is 1. The molecule has 34 heavy (non-hydrogen) atoms. The molecule has 1 aliphatic heterocycles. The third-order valence-electron chi connectivity index (χ3n) is 6.42. The van der Waals surface area contributed by atoms with E-state index in [1.54, 1.807) is 6.92 Å². The average molecular weight is 477 g/mol. The highest BCUT2D eigenvalue weighted by Crippen LogP contribution is 2.40. The van der Waals surface area contributed by atoms with Crippen molar-refractivity contribution in [1.82, 2.24) is 10.2 Å². The number of ether oxygens (including phenoxy) is 2. The van der Waals surface area contributed by atoms with E-state index >= 15 is 0 Å². The molecule has 192 valence electrons. The number of unbranched alkanes of at least 4 members (excludes halogenated alkanes) is 1. The molecule has 7 heteroatoms. The molecule has 1 amide bonds. The highest BCUT2D eigenvalue weighted by atomic mass is 16.5. The van der Waals surface area contributed by atoms with E-state index in [0.29, 0.717) is 19.0 Å². The van der Waals surface area contributed by atoms with Crippen LogP contribution >= 0.6 is 0 Å². The summed E-state index contributed by atoms with van der Waals surface area (Å²) in [4.78, 5) is 37.2. The number of rotatable bonds is 10. The number of carbonyl (C=O) groups excluding carboxylic acids is 3. The van der Waals surface area contributed by atoms with Crippen LogP contribution in [0.1, 0.15) is 78.7 Å². The summed E-state index contributed by atoms with van der Waals surface area (Å²) >= 11 is 0. The van der Waals surface area contributed by atoms with Gasteiger partial charge in [0.15, 0.2) is 0 Å². The standard InChI is InChI=1S/C23H34N2O3.C3H6O2.CH4/c1-3-4-14-24-17(2)22(26)25-20-13-9-8-12-19(20)15-21(25)23(27)28-16-18-10-6-5-7-11-18;1-2-5-3-4;/h5-7,10-11,17,19-21,24H,3-4,8-9,12-16H2,1-2H3;3H,2H2,1H3;1H4/t17-,19-,20?,21-;;/m0../s1. The van der Waals surface area contributed by atoms with Crippen molar-refractivity contribution in [2.24, 2.45) is 5.92 Å². The Morgan fingerprint density at radius 1 is 1.18 bits per heavy atom. The van der Waals surface area contributed by atoms with E-state index in [-0.39, 0.29) is 38.0 Å². The highest BCUT2D eigenvalue weighted by molar-refractivity contribution is 5.88. The molecule has 2 fully saturated rings. The fourth-order valence-electron chi connectivity index (χ4n) is 4.69. The second-order valence-electron chi connectivity index (χ2n) is 8.78. The number of nitrogens with zero attached hydrogens (tertiary/aromatic N) is 1. The van der Waals surface area contributed by atoms with Crippen molar-refractivity contribution in [3.05, 3.63) is 35.9 Å². The Morgan fingerprint density at radius 3 is 2.50 bits per heavy atom. The Morgan fingerprint density at radius 2 is 1.88 bits per heavy atom. The molecule has 1 unspecified atom stereocenters. The van der Waals surface area contributed by atoms with Gasteiger partial charge in [-0.1, -0.05) is 63.9 Å². The molecule has 1 heterocycles. The van der Waals surface area contributed by atoms with Gasteiger partial charge < -0.3 is 19.7 Å². The first-order valence-corrected chi connectivity index (χ1v) is 12.3. The molecule has 4 atom stereocenters. The summed E-state index contributed by atoms with van der Waals surface area (Å²) in [6, 6.07) is 9.19. The second kappa shape index (κ2) is 16.3. The van der Waals surface area contributed by atoms with Crippen molar-refractivity contribution in [3.8, 4) is 0 Å². The number of amides is 1. The van der Waals surface area contributed by atoms with Crippen molar-refractivity contribution in [2.45, 2.75) is 97.9 Å². The fourth-order valence-corrected chi connectivity index (χ4v) is 4.69. The predicted octanol–water partition coefficient (Wildman–Crippen LogP) is 4.48. The minimum Gasteiger partial charge on any atom is -0.468 e. The fraction of sp³-hybridized carbons (Fsp3) is 0.667. The quantitative estimate of drug-likeness (QED) is 0.304. The third-order valence-corrected chi connectivity index (χ3v) is 6.42. The van der Waals surface area contributed by atoms with Crippen LogP contribution in [0.5, 0.6) is 0 Å². The van der Waals surface area contributed by atoms with Gasteiger partial charge >= 0.3 is 5.97 Å². The van der Waals surface area contributed by atoms with Gasteiger partial charge in [-0.3, -0.25) is 9.59 Å². The smallest absolute Gasteiger partial charge is 0.329 e. The average Bonchev–Trinajstić information content (AvgIpc) is 3.23. The molecule has 0 bridgehead atoms. The first-order chi connectivity index (χ1) is 16.0. The zero-order valence-corrected chi connectivity index (χ0v) is 20.3. The molecule has 1 aromatic rings. The molecule has 0 aromatic heterocycles. The van der Waals surface area contributed by atoms with Gasteiger partial charge in [-0.25, -0.2) is 4.79 Å². The molecule has 0 spiro atoms. The lowest BCUT2D eigenvalue weighted by molar-refractivity contribution is -0.156. The van der Waals surface area contributed by atoms with Crippen LogP contribution in [0.25, 0.3) is 0 Å². The molecule has 7 nitrogen and oxygen atoms in total. The van der Waals surface area contributed by atoms with Crippen LogP contribution in [0.4, 0.5) is 0 Å². The molecular formula is C27H44N2O5. The molecular weight excluding hydrogens is 432 g/mol. The van der Waals surface area contributed by atoms with Gasteiger partial charge in [0.1, 0.15) is 12.6 Å². The maximum absolute atomic E-state index is 13.2. The van der Waals surface area contributed by atoms with Crippen LogP contribution < -0.4 is 5.32 Å². The number of carbonyl (C=O) groups is 3. The Balaban J connectivity index is 0.000000873. The van der Waals surface area contributed by atoms with Gasteiger partial charge in [0, 0.05) is 6.04 Å². The molecule has 1 aromatic carbocycles. The van der Waals surface area contributed by atoms with Crippen molar-refractivity contribution in [3.63, 3.8) is 0 Å². The number of benzene rings is 1. The van der Waals surface area contributed by atoms with E-state index in [4.69, 9.17) is 4.74 Å². The number of likely N-dealkylation sites (tertiary alicyclic amines) is 1. The molecule has 2 aliphatic rings. The second-order valence-corrected chi connectivity index (χ2v) is 8.78. The van der Waals surface area contributed by atoms with Gasteiger partial charge in [0.05, 0.1) is 12.6 Å². The summed E-state index contributed by atoms with van der Waals surface area (Å²) in [6.45, 7) is 7.81. The number of hydrogen-bond acceptors (Lipinski definition) is 6. The van der Waals surface area contributed by atoms with Crippen LogP contribution in [0.15, 0.2) is 30.3 Å². The van der Waals surface area contributed by atoms with Crippen LogP contribution in [0, 0.1) is 5.92 Å². The van der Waals surface area contributed by atoms with Crippen molar-refractivity contribution in [1.29, 1.82) is 0 Å². The largest absolute Gasteiger partial charge is 0.468 e. The lowest BCUT2D eigenvalue weighted by Gasteiger charge is -2.35. The third kappa shape index (κ3) is 8.75. The summed E-state index contributed by atoms with van der Waals surface area (Å²) in [5.74, 6) is 0.217. The maximum atomic E-state index is 13.2. The lowest BCUT2D eigenvalue weighted by Crippen LogP contribution is -2.53. The number of esters is 1. The van der Waals surface area contributed by atoms with E-state index in [2.05, 4.69) is 17.0 Å². The summed E-state index contributed by atoms with van der Waals surface area (Å²) in [5, 5.41) is 3.33. The maximum Gasteiger partial charge on any atom is 0.329 e. The van der Waals surface area contributed by atoms with Gasteiger partial charge in [0.2, 0.25) is 5.91 Å². The Bertz CT molecular complexity index is 727. The predicted molar refractivity (Wildman–Crippen MR) is 134 cm³/mol. The van der Waals surface area contributed by atoms with Crippen LogP contribution in [0.2, 0.25) is 0 Å². The molecule has 1 saturated heterocycles. The minimum atomic E-state index is -0.445. The van der Waals surface area contributed by atoms with E-state index < -0.39 is 6.04 Å². The molecule has 1 N–H and O–H groups in total.